The number of aromatic nitrogens is 2. The summed E-state index contributed by atoms with van der Waals surface area (Å²) in [6.07, 6.45) is 3.71. The van der Waals surface area contributed by atoms with Crippen LogP contribution in [0.3, 0.4) is 0 Å². The highest BCUT2D eigenvalue weighted by atomic mass is 32.1. The Labute approximate surface area is 211 Å². The van der Waals surface area contributed by atoms with Crippen molar-refractivity contribution in [3.8, 4) is 0 Å². The molecular formula is C27H33N5O2S. The molecule has 35 heavy (non-hydrogen) atoms. The molecule has 0 unspecified atom stereocenters. The lowest BCUT2D eigenvalue weighted by molar-refractivity contribution is -0.131. The number of piperazine rings is 1. The summed E-state index contributed by atoms with van der Waals surface area (Å²) in [6.45, 7) is 5.52. The van der Waals surface area contributed by atoms with Gasteiger partial charge in [-0.15, -0.1) is 5.10 Å². The van der Waals surface area contributed by atoms with E-state index < -0.39 is 0 Å². The maximum atomic E-state index is 12.3. The van der Waals surface area contributed by atoms with Gasteiger partial charge >= 0.3 is 0 Å². The molecule has 0 aliphatic carbocycles. The van der Waals surface area contributed by atoms with E-state index >= 15 is 0 Å². The van der Waals surface area contributed by atoms with Crippen molar-refractivity contribution in [2.75, 3.05) is 32.7 Å². The van der Waals surface area contributed by atoms with E-state index in [4.69, 9.17) is 16.6 Å². The maximum Gasteiger partial charge on any atom is 0.288 e. The second-order valence-electron chi connectivity index (χ2n) is 9.41. The first-order chi connectivity index (χ1) is 17.2. The Hall–Kier alpha value is -2.81. The van der Waals surface area contributed by atoms with E-state index in [1.54, 1.807) is 4.68 Å². The van der Waals surface area contributed by atoms with E-state index in [0.717, 1.165) is 52.0 Å². The van der Waals surface area contributed by atoms with Gasteiger partial charge in [0.25, 0.3) is 4.84 Å². The number of benzene rings is 2. The molecule has 2 aliphatic heterocycles. The monoisotopic (exact) mass is 491 g/mol. The van der Waals surface area contributed by atoms with Gasteiger partial charge in [-0.05, 0) is 36.2 Å². The number of rotatable bonds is 7. The Bertz CT molecular complexity index is 1120. The van der Waals surface area contributed by atoms with Gasteiger partial charge < -0.3 is 9.32 Å². The van der Waals surface area contributed by atoms with Crippen LogP contribution in [-0.4, -0.2) is 63.1 Å². The van der Waals surface area contributed by atoms with E-state index in [2.05, 4.69) is 75.6 Å². The minimum atomic E-state index is 0.181. The molecule has 2 aromatic carbocycles. The Balaban J connectivity index is 1.22. The fourth-order valence-corrected chi connectivity index (χ4v) is 5.30. The summed E-state index contributed by atoms with van der Waals surface area (Å²) in [5.74, 6) is 0.706. The SMILES string of the molecule is O=C1CCCCCN1Cc1nn(CN2CCN(C(c3ccccc3)c3ccccc3)CC2)c(=S)o1. The van der Waals surface area contributed by atoms with Crippen molar-refractivity contribution in [2.24, 2.45) is 0 Å². The molecule has 2 aliphatic rings. The van der Waals surface area contributed by atoms with Crippen molar-refractivity contribution >= 4 is 18.1 Å². The summed E-state index contributed by atoms with van der Waals surface area (Å²) < 4.78 is 7.52. The van der Waals surface area contributed by atoms with Crippen molar-refractivity contribution in [2.45, 2.75) is 44.9 Å². The van der Waals surface area contributed by atoms with Crippen LogP contribution in [0.15, 0.2) is 65.1 Å². The molecule has 0 spiro atoms. The molecule has 3 heterocycles. The van der Waals surface area contributed by atoms with Gasteiger partial charge in [0.2, 0.25) is 11.8 Å². The van der Waals surface area contributed by atoms with Crippen LogP contribution in [0.25, 0.3) is 0 Å². The highest BCUT2D eigenvalue weighted by molar-refractivity contribution is 7.71. The van der Waals surface area contributed by atoms with Crippen LogP contribution >= 0.6 is 12.2 Å². The van der Waals surface area contributed by atoms with E-state index in [9.17, 15) is 4.79 Å². The third-order valence-electron chi connectivity index (χ3n) is 6.98. The summed E-state index contributed by atoms with van der Waals surface area (Å²) in [7, 11) is 0. The van der Waals surface area contributed by atoms with Gasteiger partial charge in [0.05, 0.1) is 19.3 Å². The van der Waals surface area contributed by atoms with Gasteiger partial charge in [0.15, 0.2) is 0 Å². The quantitative estimate of drug-likeness (QED) is 0.455. The molecule has 0 bridgehead atoms. The predicted octanol–water partition coefficient (Wildman–Crippen LogP) is 4.47. The first kappa shape index (κ1) is 23.9. The molecule has 0 N–H and O–H groups in total. The lowest BCUT2D eigenvalue weighted by Crippen LogP contribution is -2.48. The highest BCUT2D eigenvalue weighted by Gasteiger charge is 2.27. The third-order valence-corrected chi connectivity index (χ3v) is 7.28. The van der Waals surface area contributed by atoms with Gasteiger partial charge in [0.1, 0.15) is 0 Å². The molecule has 184 valence electrons. The fourth-order valence-electron chi connectivity index (χ4n) is 5.11. The van der Waals surface area contributed by atoms with Crippen molar-refractivity contribution in [3.05, 3.63) is 82.5 Å². The first-order valence-corrected chi connectivity index (χ1v) is 13.0. The Morgan fingerprint density at radius 2 is 1.51 bits per heavy atom. The van der Waals surface area contributed by atoms with Crippen LogP contribution < -0.4 is 0 Å². The Morgan fingerprint density at radius 1 is 0.857 bits per heavy atom. The molecule has 8 heteroatoms. The van der Waals surface area contributed by atoms with E-state index in [1.807, 2.05) is 4.90 Å². The number of hydrogen-bond donors (Lipinski definition) is 0. The van der Waals surface area contributed by atoms with Crippen LogP contribution in [0.5, 0.6) is 0 Å². The second kappa shape index (κ2) is 11.3. The largest absolute Gasteiger partial charge is 0.412 e. The molecule has 1 aromatic heterocycles. The van der Waals surface area contributed by atoms with Crippen molar-refractivity contribution in [1.29, 1.82) is 0 Å². The van der Waals surface area contributed by atoms with Crippen molar-refractivity contribution < 1.29 is 9.21 Å². The summed E-state index contributed by atoms with van der Waals surface area (Å²) >= 11 is 5.45. The molecular weight excluding hydrogens is 458 g/mol. The predicted molar refractivity (Wildman–Crippen MR) is 137 cm³/mol. The van der Waals surface area contributed by atoms with Gasteiger partial charge in [-0.3, -0.25) is 14.6 Å². The summed E-state index contributed by atoms with van der Waals surface area (Å²) in [5.41, 5.74) is 2.64. The smallest absolute Gasteiger partial charge is 0.288 e. The summed E-state index contributed by atoms with van der Waals surface area (Å²) in [6, 6.07) is 21.7. The van der Waals surface area contributed by atoms with Crippen LogP contribution in [0.1, 0.15) is 48.7 Å². The Kier molecular flexibility index (Phi) is 7.71. The van der Waals surface area contributed by atoms with Gasteiger partial charge in [-0.25, -0.2) is 4.68 Å². The average Bonchev–Trinajstić information content (AvgIpc) is 3.10. The lowest BCUT2D eigenvalue weighted by atomic mass is 9.96. The van der Waals surface area contributed by atoms with Gasteiger partial charge in [-0.2, -0.15) is 0 Å². The standard InChI is InChI=1S/C27H33N5O2S/c33-25-14-8-3-9-15-31(25)20-24-28-32(27(35)34-24)21-29-16-18-30(19-17-29)26(22-10-4-1-5-11-22)23-12-6-2-7-13-23/h1-2,4-7,10-13,26H,3,8-9,14-21H2. The summed E-state index contributed by atoms with van der Waals surface area (Å²) in [5, 5.41) is 4.61. The zero-order valence-corrected chi connectivity index (χ0v) is 20.9. The van der Waals surface area contributed by atoms with Crippen LogP contribution in [0.2, 0.25) is 0 Å². The number of nitrogens with zero attached hydrogens (tertiary/aromatic N) is 5. The number of carbonyl (C=O) groups excluding carboxylic acids is 1. The molecule has 7 nitrogen and oxygen atoms in total. The van der Waals surface area contributed by atoms with Crippen LogP contribution in [-0.2, 0) is 18.0 Å². The van der Waals surface area contributed by atoms with Gasteiger partial charge in [-0.1, -0.05) is 67.1 Å². The van der Waals surface area contributed by atoms with Crippen molar-refractivity contribution in [3.63, 3.8) is 0 Å². The molecule has 3 aromatic rings. The highest BCUT2D eigenvalue weighted by Crippen LogP contribution is 2.29. The number of carbonyl (C=O) groups is 1. The first-order valence-electron chi connectivity index (χ1n) is 12.6. The summed E-state index contributed by atoms with van der Waals surface area (Å²) in [4.78, 5) is 19.5. The normalized spacial score (nSPS) is 18.2. The topological polar surface area (TPSA) is 57.8 Å². The van der Waals surface area contributed by atoms with Crippen molar-refractivity contribution in [1.82, 2.24) is 24.5 Å². The zero-order valence-electron chi connectivity index (χ0n) is 20.1. The molecule has 0 atom stereocenters. The fraction of sp³-hybridized carbons (Fsp3) is 0.444. The van der Waals surface area contributed by atoms with E-state index in [1.165, 1.54) is 11.1 Å². The minimum absolute atomic E-state index is 0.181. The van der Waals surface area contributed by atoms with Crippen LogP contribution in [0.4, 0.5) is 0 Å². The zero-order chi connectivity index (χ0) is 24.0. The van der Waals surface area contributed by atoms with Gasteiger partial charge in [0, 0.05) is 39.1 Å². The molecule has 0 radical (unpaired) electrons. The molecule has 2 fully saturated rings. The number of amides is 1. The minimum Gasteiger partial charge on any atom is -0.412 e. The maximum absolute atomic E-state index is 12.3. The lowest BCUT2D eigenvalue weighted by Gasteiger charge is -2.39. The molecule has 0 saturated carbocycles. The second-order valence-corrected chi connectivity index (χ2v) is 9.76. The Morgan fingerprint density at radius 3 is 2.17 bits per heavy atom. The molecule has 2 saturated heterocycles. The third kappa shape index (κ3) is 5.89. The van der Waals surface area contributed by atoms with Crippen LogP contribution in [0, 0.1) is 4.84 Å². The van der Waals surface area contributed by atoms with E-state index in [-0.39, 0.29) is 11.9 Å². The number of hydrogen-bond acceptors (Lipinski definition) is 6. The number of likely N-dealkylation sites (tertiary alicyclic amines) is 1. The molecule has 1 amide bonds. The molecule has 5 rings (SSSR count). The average molecular weight is 492 g/mol. The van der Waals surface area contributed by atoms with E-state index in [0.29, 0.717) is 30.4 Å².